The average Bonchev–Trinajstić information content (AvgIpc) is 3.07. The number of ether oxygens (including phenoxy) is 3. The molecule has 2 rings (SSSR count). The quantitative estimate of drug-likeness (QED) is 0.645. The molecule has 1 N–H and O–H groups in total. The van der Waals surface area contributed by atoms with E-state index in [0.717, 1.165) is 0 Å². The Labute approximate surface area is 179 Å². The fourth-order valence-electron chi connectivity index (χ4n) is 3.87. The standard InChI is InChI=1S/C20H31F3N2O6/c1-19(2,3)31-18(28)25-10-13(24-17(27)20(21,22)23)9-14(25)11-30-15-7-5-12(6-8-15)16(26)29-4/h12-15H,5-11H2,1-4H3,(H,24,27)/t12?,13-,14?,15?/m0/s1. The molecule has 1 saturated carbocycles. The summed E-state index contributed by atoms with van der Waals surface area (Å²) < 4.78 is 53.9. The van der Waals surface area contributed by atoms with Crippen LogP contribution in [0.2, 0.25) is 0 Å². The Morgan fingerprint density at radius 2 is 1.68 bits per heavy atom. The molecule has 8 nitrogen and oxygen atoms in total. The molecule has 2 atom stereocenters. The second-order valence-corrected chi connectivity index (χ2v) is 9.02. The SMILES string of the molecule is COC(=O)C1CCC(OCC2C[C@H](NC(=O)C(F)(F)F)CN2C(=O)OC(C)(C)C)CC1. The minimum atomic E-state index is -5.00. The van der Waals surface area contributed by atoms with Crippen molar-refractivity contribution in [3.05, 3.63) is 0 Å². The molecule has 0 bridgehead atoms. The van der Waals surface area contributed by atoms with Crippen LogP contribution < -0.4 is 5.32 Å². The van der Waals surface area contributed by atoms with Gasteiger partial charge in [-0.1, -0.05) is 0 Å². The van der Waals surface area contributed by atoms with Crippen LogP contribution >= 0.6 is 0 Å². The third-order valence-electron chi connectivity index (χ3n) is 5.37. The highest BCUT2D eigenvalue weighted by molar-refractivity contribution is 5.82. The number of amides is 2. The van der Waals surface area contributed by atoms with E-state index in [9.17, 15) is 27.6 Å². The number of esters is 1. The number of alkyl halides is 3. The molecule has 0 spiro atoms. The Hall–Kier alpha value is -2.04. The first-order chi connectivity index (χ1) is 14.3. The van der Waals surface area contributed by atoms with Gasteiger partial charge in [-0.05, 0) is 52.9 Å². The van der Waals surface area contributed by atoms with Crippen LogP contribution in [0.4, 0.5) is 18.0 Å². The molecule has 2 fully saturated rings. The van der Waals surface area contributed by atoms with Gasteiger partial charge in [0.2, 0.25) is 0 Å². The van der Waals surface area contributed by atoms with Crippen molar-refractivity contribution in [3.8, 4) is 0 Å². The molecule has 2 aliphatic rings. The van der Waals surface area contributed by atoms with E-state index in [0.29, 0.717) is 25.7 Å². The highest BCUT2D eigenvalue weighted by Gasteiger charge is 2.44. The second-order valence-electron chi connectivity index (χ2n) is 9.02. The summed E-state index contributed by atoms with van der Waals surface area (Å²) in [4.78, 5) is 36.8. The van der Waals surface area contributed by atoms with Gasteiger partial charge < -0.3 is 24.4 Å². The molecule has 1 heterocycles. The maximum Gasteiger partial charge on any atom is 0.471 e. The van der Waals surface area contributed by atoms with Crippen molar-refractivity contribution < 1.29 is 41.8 Å². The zero-order valence-electron chi connectivity index (χ0n) is 18.3. The summed E-state index contributed by atoms with van der Waals surface area (Å²) in [5.41, 5.74) is -0.776. The maximum atomic E-state index is 12.6. The van der Waals surface area contributed by atoms with Crippen molar-refractivity contribution in [1.82, 2.24) is 10.2 Å². The molecule has 1 saturated heterocycles. The van der Waals surface area contributed by atoms with Crippen molar-refractivity contribution in [1.29, 1.82) is 0 Å². The van der Waals surface area contributed by atoms with E-state index < -0.39 is 35.9 Å². The van der Waals surface area contributed by atoms with Crippen LogP contribution in [0.3, 0.4) is 0 Å². The molecule has 0 aromatic rings. The average molecular weight is 452 g/mol. The number of methoxy groups -OCH3 is 1. The van der Waals surface area contributed by atoms with E-state index >= 15 is 0 Å². The molecule has 11 heteroatoms. The van der Waals surface area contributed by atoms with Crippen LogP contribution in [0, 0.1) is 5.92 Å². The minimum Gasteiger partial charge on any atom is -0.469 e. The van der Waals surface area contributed by atoms with Crippen LogP contribution in [-0.2, 0) is 23.8 Å². The summed E-state index contributed by atoms with van der Waals surface area (Å²) in [7, 11) is 1.35. The highest BCUT2D eigenvalue weighted by atomic mass is 19.4. The van der Waals surface area contributed by atoms with Crippen molar-refractivity contribution in [2.45, 2.75) is 82.8 Å². The van der Waals surface area contributed by atoms with Crippen LogP contribution in [0.1, 0.15) is 52.9 Å². The zero-order valence-corrected chi connectivity index (χ0v) is 18.3. The van der Waals surface area contributed by atoms with Gasteiger partial charge in [-0.25, -0.2) is 4.79 Å². The van der Waals surface area contributed by atoms with Gasteiger partial charge in [0, 0.05) is 12.6 Å². The van der Waals surface area contributed by atoms with Gasteiger partial charge in [-0.15, -0.1) is 0 Å². The van der Waals surface area contributed by atoms with E-state index in [-0.39, 0.29) is 37.6 Å². The van der Waals surface area contributed by atoms with Gasteiger partial charge in [0.1, 0.15) is 5.60 Å². The molecule has 0 radical (unpaired) electrons. The first kappa shape index (κ1) is 25.2. The summed E-state index contributed by atoms with van der Waals surface area (Å²) in [5, 5.41) is 1.94. The minimum absolute atomic E-state index is 0.0974. The zero-order chi connectivity index (χ0) is 23.4. The lowest BCUT2D eigenvalue weighted by Gasteiger charge is -2.31. The van der Waals surface area contributed by atoms with Crippen LogP contribution in [0.5, 0.6) is 0 Å². The number of likely N-dealkylation sites (tertiary alicyclic amines) is 1. The number of hydrogen-bond acceptors (Lipinski definition) is 6. The van der Waals surface area contributed by atoms with Crippen molar-refractivity contribution in [2.24, 2.45) is 5.92 Å². The molecule has 31 heavy (non-hydrogen) atoms. The number of carbonyl (C=O) groups excluding carboxylic acids is 3. The van der Waals surface area contributed by atoms with Crippen LogP contribution in [-0.4, -0.2) is 73.1 Å². The lowest BCUT2D eigenvalue weighted by Crippen LogP contribution is -2.45. The monoisotopic (exact) mass is 452 g/mol. The predicted molar refractivity (Wildman–Crippen MR) is 103 cm³/mol. The number of carbonyl (C=O) groups is 3. The summed E-state index contributed by atoms with van der Waals surface area (Å²) >= 11 is 0. The number of nitrogens with one attached hydrogen (secondary N) is 1. The first-order valence-electron chi connectivity index (χ1n) is 10.4. The van der Waals surface area contributed by atoms with Crippen molar-refractivity contribution in [2.75, 3.05) is 20.3 Å². The Kier molecular flexibility index (Phi) is 8.18. The van der Waals surface area contributed by atoms with Crippen molar-refractivity contribution >= 4 is 18.0 Å². The summed E-state index contributed by atoms with van der Waals surface area (Å²) in [6, 6.07) is -1.39. The van der Waals surface area contributed by atoms with Gasteiger partial charge in [0.15, 0.2) is 0 Å². The van der Waals surface area contributed by atoms with E-state index in [2.05, 4.69) is 0 Å². The van der Waals surface area contributed by atoms with Crippen molar-refractivity contribution in [3.63, 3.8) is 0 Å². The number of halogens is 3. The highest BCUT2D eigenvalue weighted by Crippen LogP contribution is 2.29. The number of hydrogen-bond donors (Lipinski definition) is 1. The molecule has 1 aliphatic heterocycles. The topological polar surface area (TPSA) is 94.2 Å². The first-order valence-corrected chi connectivity index (χ1v) is 10.4. The Morgan fingerprint density at radius 3 is 2.19 bits per heavy atom. The number of nitrogens with zero attached hydrogens (tertiary/aromatic N) is 1. The largest absolute Gasteiger partial charge is 0.471 e. The Morgan fingerprint density at radius 1 is 1.06 bits per heavy atom. The van der Waals surface area contributed by atoms with Gasteiger partial charge in [-0.3, -0.25) is 9.59 Å². The molecule has 1 aliphatic carbocycles. The smallest absolute Gasteiger partial charge is 0.469 e. The normalized spacial score (nSPS) is 27.0. The van der Waals surface area contributed by atoms with E-state index in [4.69, 9.17) is 14.2 Å². The van der Waals surface area contributed by atoms with E-state index in [1.54, 1.807) is 20.8 Å². The van der Waals surface area contributed by atoms with Crippen LogP contribution in [0.15, 0.2) is 0 Å². The summed E-state index contributed by atoms with van der Waals surface area (Å²) in [6.07, 6.45) is -3.11. The molecule has 2 amide bonds. The fraction of sp³-hybridized carbons (Fsp3) is 0.850. The summed E-state index contributed by atoms with van der Waals surface area (Å²) in [5.74, 6) is -2.44. The summed E-state index contributed by atoms with van der Waals surface area (Å²) in [6.45, 7) is 5.07. The lowest BCUT2D eigenvalue weighted by molar-refractivity contribution is -0.174. The Balaban J connectivity index is 1.96. The molecular formula is C20H31F3N2O6. The van der Waals surface area contributed by atoms with Crippen LogP contribution in [0.25, 0.3) is 0 Å². The maximum absolute atomic E-state index is 12.6. The fourth-order valence-corrected chi connectivity index (χ4v) is 3.87. The van der Waals surface area contributed by atoms with Gasteiger partial charge in [0.05, 0.1) is 31.8 Å². The van der Waals surface area contributed by atoms with E-state index in [1.165, 1.54) is 12.0 Å². The number of rotatable bonds is 5. The molecular weight excluding hydrogens is 421 g/mol. The molecule has 178 valence electrons. The van der Waals surface area contributed by atoms with Gasteiger partial charge in [0.25, 0.3) is 0 Å². The second kappa shape index (κ2) is 10.1. The predicted octanol–water partition coefficient (Wildman–Crippen LogP) is 2.79. The van der Waals surface area contributed by atoms with E-state index in [1.807, 2.05) is 5.32 Å². The van der Waals surface area contributed by atoms with Gasteiger partial charge >= 0.3 is 24.1 Å². The Bertz CT molecular complexity index is 656. The third kappa shape index (κ3) is 7.55. The molecule has 0 aromatic carbocycles. The lowest BCUT2D eigenvalue weighted by atomic mass is 9.87. The molecule has 1 unspecified atom stereocenters. The molecule has 0 aromatic heterocycles. The third-order valence-corrected chi connectivity index (χ3v) is 5.37. The van der Waals surface area contributed by atoms with Gasteiger partial charge in [-0.2, -0.15) is 13.2 Å².